The molecular formula is C14H19N3O2S. The van der Waals surface area contributed by atoms with E-state index in [0.717, 1.165) is 18.4 Å². The van der Waals surface area contributed by atoms with Crippen LogP contribution in [0, 0.1) is 0 Å². The predicted molar refractivity (Wildman–Crippen MR) is 79.8 cm³/mol. The summed E-state index contributed by atoms with van der Waals surface area (Å²) < 4.78 is 0. The largest absolute Gasteiger partial charge is 0.370 e. The Morgan fingerprint density at radius 2 is 2.10 bits per heavy atom. The van der Waals surface area contributed by atoms with Gasteiger partial charge in [0.1, 0.15) is 4.87 Å². The van der Waals surface area contributed by atoms with Crippen LogP contribution < -0.4 is 11.2 Å². The zero-order valence-electron chi connectivity index (χ0n) is 11.4. The van der Waals surface area contributed by atoms with Crippen molar-refractivity contribution in [3.63, 3.8) is 0 Å². The van der Waals surface area contributed by atoms with E-state index in [0.29, 0.717) is 0 Å². The fourth-order valence-electron chi connectivity index (χ4n) is 2.66. The quantitative estimate of drug-likeness (QED) is 0.430. The number of amides is 2. The van der Waals surface area contributed by atoms with E-state index < -0.39 is 10.8 Å². The van der Waals surface area contributed by atoms with Gasteiger partial charge in [-0.2, -0.15) is 0 Å². The van der Waals surface area contributed by atoms with E-state index in [-0.39, 0.29) is 18.7 Å². The Morgan fingerprint density at radius 3 is 2.75 bits per heavy atom. The van der Waals surface area contributed by atoms with Gasteiger partial charge in [-0.25, -0.2) is 5.43 Å². The van der Waals surface area contributed by atoms with E-state index in [1.165, 1.54) is 10.6 Å². The molecule has 0 spiro atoms. The number of aryl methyl sites for hydroxylation is 1. The summed E-state index contributed by atoms with van der Waals surface area (Å²) in [6.45, 7) is 0. The van der Waals surface area contributed by atoms with Crippen LogP contribution in [-0.4, -0.2) is 23.9 Å². The summed E-state index contributed by atoms with van der Waals surface area (Å²) in [5.41, 5.74) is 10.2. The highest BCUT2D eigenvalue weighted by Gasteiger charge is 2.42. The van der Waals surface area contributed by atoms with Crippen molar-refractivity contribution in [3.8, 4) is 0 Å². The summed E-state index contributed by atoms with van der Waals surface area (Å²) in [5.74, 6) is -0.660. The van der Waals surface area contributed by atoms with Crippen LogP contribution in [0.15, 0.2) is 24.3 Å². The lowest BCUT2D eigenvalue weighted by atomic mass is 10.1. The first-order valence-corrected chi connectivity index (χ1v) is 7.03. The lowest BCUT2D eigenvalue weighted by molar-refractivity contribution is -0.139. The molecule has 108 valence electrons. The molecule has 0 fully saturated rings. The predicted octanol–water partition coefficient (Wildman–Crippen LogP) is 0.944. The molecule has 0 saturated heterocycles. The van der Waals surface area contributed by atoms with Crippen molar-refractivity contribution in [2.45, 2.75) is 30.6 Å². The Balaban J connectivity index is 2.23. The number of rotatable bonds is 5. The lowest BCUT2D eigenvalue weighted by Crippen LogP contribution is -2.51. The Bertz CT molecular complexity index is 535. The first kappa shape index (κ1) is 14.9. The summed E-state index contributed by atoms with van der Waals surface area (Å²) in [6, 6.07) is 7.96. The molecule has 0 aliphatic heterocycles. The number of carbonyl (C=O) groups excluding carboxylic acids is 2. The first-order chi connectivity index (χ1) is 9.49. The molecule has 0 radical (unpaired) electrons. The minimum Gasteiger partial charge on any atom is -0.370 e. The number of hydrogen-bond donors (Lipinski definition) is 3. The SMILES string of the molecule is CNN(C(=O)CCC(N)=O)C1(S)CCc2ccccc21. The third kappa shape index (κ3) is 2.66. The van der Waals surface area contributed by atoms with Crippen LogP contribution in [0.4, 0.5) is 0 Å². The van der Waals surface area contributed by atoms with Crippen molar-refractivity contribution in [1.82, 2.24) is 10.4 Å². The molecule has 0 heterocycles. The molecule has 1 aliphatic carbocycles. The van der Waals surface area contributed by atoms with E-state index in [2.05, 4.69) is 11.5 Å². The second kappa shape index (κ2) is 5.85. The van der Waals surface area contributed by atoms with Crippen LogP contribution in [0.3, 0.4) is 0 Å². The first-order valence-electron chi connectivity index (χ1n) is 6.58. The summed E-state index contributed by atoms with van der Waals surface area (Å²) in [7, 11) is 1.68. The molecule has 5 nitrogen and oxygen atoms in total. The van der Waals surface area contributed by atoms with Crippen LogP contribution in [0.1, 0.15) is 30.4 Å². The van der Waals surface area contributed by atoms with Gasteiger partial charge in [-0.3, -0.25) is 14.6 Å². The molecule has 6 heteroatoms. The van der Waals surface area contributed by atoms with Gasteiger partial charge in [0.15, 0.2) is 0 Å². The van der Waals surface area contributed by atoms with Gasteiger partial charge in [0.2, 0.25) is 11.8 Å². The van der Waals surface area contributed by atoms with Gasteiger partial charge in [0.25, 0.3) is 0 Å². The molecule has 0 aromatic heterocycles. The second-order valence-corrected chi connectivity index (χ2v) is 5.63. The Labute approximate surface area is 123 Å². The third-order valence-corrected chi connectivity index (χ3v) is 4.28. The zero-order valence-corrected chi connectivity index (χ0v) is 12.3. The van der Waals surface area contributed by atoms with Crippen molar-refractivity contribution in [1.29, 1.82) is 0 Å². The van der Waals surface area contributed by atoms with Crippen molar-refractivity contribution in [3.05, 3.63) is 35.4 Å². The van der Waals surface area contributed by atoms with E-state index in [9.17, 15) is 9.59 Å². The van der Waals surface area contributed by atoms with Crippen LogP contribution in [0.5, 0.6) is 0 Å². The molecule has 2 amide bonds. The number of nitrogens with zero attached hydrogens (tertiary/aromatic N) is 1. The van der Waals surface area contributed by atoms with Gasteiger partial charge < -0.3 is 5.73 Å². The van der Waals surface area contributed by atoms with Crippen molar-refractivity contribution in [2.75, 3.05) is 7.05 Å². The number of fused-ring (bicyclic) bond motifs is 1. The number of hydrogen-bond acceptors (Lipinski definition) is 4. The third-order valence-electron chi connectivity index (χ3n) is 3.62. The maximum absolute atomic E-state index is 12.3. The number of hydrazine groups is 1. The Hall–Kier alpha value is -1.53. The van der Waals surface area contributed by atoms with E-state index in [1.54, 1.807) is 7.05 Å². The molecule has 1 aromatic carbocycles. The average Bonchev–Trinajstić information content (AvgIpc) is 2.76. The maximum atomic E-state index is 12.3. The highest BCUT2D eigenvalue weighted by molar-refractivity contribution is 7.81. The molecule has 20 heavy (non-hydrogen) atoms. The Morgan fingerprint density at radius 1 is 1.40 bits per heavy atom. The van der Waals surface area contributed by atoms with Crippen molar-refractivity contribution < 1.29 is 9.59 Å². The fraction of sp³-hybridized carbons (Fsp3) is 0.429. The number of carbonyl (C=O) groups is 2. The van der Waals surface area contributed by atoms with Crippen molar-refractivity contribution in [2.24, 2.45) is 5.73 Å². The fourth-order valence-corrected chi connectivity index (χ4v) is 3.20. The molecule has 0 bridgehead atoms. The number of thiol groups is 1. The van der Waals surface area contributed by atoms with Gasteiger partial charge in [0, 0.05) is 19.9 Å². The number of nitrogens with one attached hydrogen (secondary N) is 1. The highest BCUT2D eigenvalue weighted by atomic mass is 32.1. The average molecular weight is 293 g/mol. The molecule has 1 aliphatic rings. The molecule has 3 N–H and O–H groups in total. The van der Waals surface area contributed by atoms with Crippen molar-refractivity contribution >= 4 is 24.4 Å². The summed E-state index contributed by atoms with van der Waals surface area (Å²) in [6.07, 6.45) is 1.74. The smallest absolute Gasteiger partial charge is 0.238 e. The summed E-state index contributed by atoms with van der Waals surface area (Å²) in [5, 5.41) is 1.50. The number of benzene rings is 1. The minimum atomic E-state index is -0.680. The lowest BCUT2D eigenvalue weighted by Gasteiger charge is -2.37. The highest BCUT2D eigenvalue weighted by Crippen LogP contribution is 2.44. The van der Waals surface area contributed by atoms with E-state index >= 15 is 0 Å². The summed E-state index contributed by atoms with van der Waals surface area (Å²) in [4.78, 5) is 22.4. The Kier molecular flexibility index (Phi) is 4.35. The standard InChI is InChI=1S/C14H19N3O2S/c1-16-17(13(19)7-6-12(15)18)14(20)9-8-10-4-2-3-5-11(10)14/h2-5,16,20H,6-9H2,1H3,(H2,15,18). The summed E-state index contributed by atoms with van der Waals surface area (Å²) >= 11 is 4.75. The molecule has 2 rings (SSSR count). The minimum absolute atomic E-state index is 0.0442. The van der Waals surface area contributed by atoms with E-state index in [1.807, 2.05) is 18.2 Å². The normalized spacial score (nSPS) is 20.5. The van der Waals surface area contributed by atoms with Gasteiger partial charge in [-0.05, 0) is 24.0 Å². The molecule has 0 saturated carbocycles. The number of nitrogens with two attached hydrogens (primary N) is 1. The second-order valence-electron chi connectivity index (χ2n) is 4.89. The maximum Gasteiger partial charge on any atom is 0.238 e. The van der Waals surface area contributed by atoms with Gasteiger partial charge in [-0.15, -0.1) is 12.6 Å². The van der Waals surface area contributed by atoms with Gasteiger partial charge >= 0.3 is 0 Å². The van der Waals surface area contributed by atoms with Gasteiger partial charge in [0.05, 0.1) is 0 Å². The molecule has 1 unspecified atom stereocenters. The topological polar surface area (TPSA) is 75.4 Å². The van der Waals surface area contributed by atoms with Crippen LogP contribution >= 0.6 is 12.6 Å². The zero-order chi connectivity index (χ0) is 14.8. The molecular weight excluding hydrogens is 274 g/mol. The van der Waals surface area contributed by atoms with Crippen LogP contribution in [-0.2, 0) is 20.9 Å². The molecule has 1 atom stereocenters. The van der Waals surface area contributed by atoms with E-state index in [4.69, 9.17) is 18.4 Å². The van der Waals surface area contributed by atoms with Crippen LogP contribution in [0.25, 0.3) is 0 Å². The van der Waals surface area contributed by atoms with Gasteiger partial charge in [-0.1, -0.05) is 24.3 Å². The monoisotopic (exact) mass is 293 g/mol. The molecule has 1 aromatic rings. The van der Waals surface area contributed by atoms with Crippen LogP contribution in [0.2, 0.25) is 0 Å². The number of primary amides is 1.